The smallest absolute Gasteiger partial charge is 0.390 e. The third-order valence-corrected chi connectivity index (χ3v) is 5.74. The molecule has 30 heavy (non-hydrogen) atoms. The minimum absolute atomic E-state index is 0.0677. The van der Waals surface area contributed by atoms with Crippen LogP contribution < -0.4 is 5.32 Å². The number of nitrogens with one attached hydrogen (secondary N) is 1. The summed E-state index contributed by atoms with van der Waals surface area (Å²) < 4.78 is 40.1. The highest BCUT2D eigenvalue weighted by molar-refractivity contribution is 6.35. The fourth-order valence-corrected chi connectivity index (χ4v) is 3.66. The largest absolute Gasteiger partial charge is 0.415 e. The number of alkyl halides is 3. The molecule has 0 saturated heterocycles. The molecule has 1 saturated carbocycles. The van der Waals surface area contributed by atoms with Gasteiger partial charge >= 0.3 is 6.18 Å². The highest BCUT2D eigenvalue weighted by Gasteiger charge is 2.32. The third kappa shape index (κ3) is 6.62. The molecule has 1 amide bonds. The molecule has 1 fully saturated rings. The highest BCUT2D eigenvalue weighted by atomic mass is 35.5. The zero-order valence-electron chi connectivity index (χ0n) is 16.5. The lowest BCUT2D eigenvalue weighted by Gasteiger charge is -2.29. The molecule has 0 radical (unpaired) electrons. The second-order valence-electron chi connectivity index (χ2n) is 7.21. The maximum atomic E-state index is 12.8. The molecule has 5 nitrogen and oxygen atoms in total. The van der Waals surface area contributed by atoms with Crippen LogP contribution in [-0.4, -0.2) is 33.0 Å². The van der Waals surface area contributed by atoms with Crippen molar-refractivity contribution in [2.24, 2.45) is 5.92 Å². The van der Waals surface area contributed by atoms with Crippen LogP contribution in [0.4, 0.5) is 13.2 Å². The van der Waals surface area contributed by atoms with Crippen LogP contribution in [0.3, 0.4) is 0 Å². The third-order valence-electron chi connectivity index (χ3n) is 5.00. The van der Waals surface area contributed by atoms with E-state index in [2.05, 4.69) is 17.0 Å². The first-order valence-corrected chi connectivity index (χ1v) is 10.2. The molecule has 1 heterocycles. The molecule has 0 atom stereocenters. The number of allylic oxidation sites excluding steroid dienone is 3. The van der Waals surface area contributed by atoms with Crippen LogP contribution in [0.2, 0.25) is 5.02 Å². The van der Waals surface area contributed by atoms with Gasteiger partial charge in [0.25, 0.3) is 5.91 Å². The summed E-state index contributed by atoms with van der Waals surface area (Å²) in [6.45, 7) is 4.93. The zero-order valence-corrected chi connectivity index (χ0v) is 18.0. The number of hydrogen-bond acceptors (Lipinski definition) is 3. The van der Waals surface area contributed by atoms with Crippen molar-refractivity contribution in [3.05, 3.63) is 51.8 Å². The average molecular weight is 466 g/mol. The van der Waals surface area contributed by atoms with E-state index in [0.29, 0.717) is 42.1 Å². The topological polar surface area (TPSA) is 67.2 Å². The van der Waals surface area contributed by atoms with Crippen molar-refractivity contribution < 1.29 is 23.1 Å². The van der Waals surface area contributed by atoms with E-state index >= 15 is 0 Å². The SMILES string of the molecule is C=C(C=C(C(=O)NC1CCC(Cn2cc(Cl)c(CO)n2)CC1)C(Cl)=CC)C(F)(F)F. The van der Waals surface area contributed by atoms with Crippen molar-refractivity contribution in [3.63, 3.8) is 0 Å². The quantitative estimate of drug-likeness (QED) is 0.444. The summed E-state index contributed by atoms with van der Waals surface area (Å²) in [6, 6.07) is -0.160. The summed E-state index contributed by atoms with van der Waals surface area (Å²) >= 11 is 11.9. The van der Waals surface area contributed by atoms with Gasteiger partial charge in [-0.15, -0.1) is 0 Å². The fourth-order valence-electron chi connectivity index (χ4n) is 3.31. The Morgan fingerprint density at radius 3 is 2.53 bits per heavy atom. The van der Waals surface area contributed by atoms with Crippen molar-refractivity contribution in [1.82, 2.24) is 15.1 Å². The second-order valence-corrected chi connectivity index (χ2v) is 8.03. The molecule has 1 aromatic heterocycles. The van der Waals surface area contributed by atoms with Crippen LogP contribution in [-0.2, 0) is 17.9 Å². The Bertz CT molecular complexity index is 839. The van der Waals surface area contributed by atoms with Gasteiger partial charge in [-0.2, -0.15) is 18.3 Å². The van der Waals surface area contributed by atoms with Gasteiger partial charge in [-0.1, -0.05) is 35.9 Å². The summed E-state index contributed by atoms with van der Waals surface area (Å²) in [5.41, 5.74) is -0.971. The lowest BCUT2D eigenvalue weighted by molar-refractivity contribution is -0.118. The summed E-state index contributed by atoms with van der Waals surface area (Å²) in [4.78, 5) is 12.6. The van der Waals surface area contributed by atoms with Gasteiger partial charge in [0.15, 0.2) is 0 Å². The predicted octanol–water partition coefficient (Wildman–Crippen LogP) is 4.89. The van der Waals surface area contributed by atoms with Gasteiger partial charge < -0.3 is 10.4 Å². The Balaban J connectivity index is 1.95. The molecule has 0 aromatic carbocycles. The molecule has 0 bridgehead atoms. The fraction of sp³-hybridized carbons (Fsp3) is 0.500. The van der Waals surface area contributed by atoms with Crippen LogP contribution in [0.25, 0.3) is 0 Å². The van der Waals surface area contributed by atoms with E-state index in [0.717, 1.165) is 12.8 Å². The summed E-state index contributed by atoms with van der Waals surface area (Å²) in [5.74, 6) is -0.335. The van der Waals surface area contributed by atoms with Crippen LogP contribution in [0.15, 0.2) is 41.1 Å². The molecule has 1 aromatic rings. The van der Waals surface area contributed by atoms with Gasteiger partial charge in [0.2, 0.25) is 0 Å². The van der Waals surface area contributed by atoms with Gasteiger partial charge in [-0.3, -0.25) is 9.48 Å². The molecule has 2 N–H and O–H groups in total. The van der Waals surface area contributed by atoms with Crippen molar-refractivity contribution in [1.29, 1.82) is 0 Å². The molecule has 166 valence electrons. The van der Waals surface area contributed by atoms with Crippen molar-refractivity contribution >= 4 is 29.1 Å². The van der Waals surface area contributed by atoms with Crippen molar-refractivity contribution in [3.8, 4) is 0 Å². The lowest BCUT2D eigenvalue weighted by Crippen LogP contribution is -2.39. The first-order chi connectivity index (χ1) is 14.0. The van der Waals surface area contributed by atoms with E-state index in [4.69, 9.17) is 23.2 Å². The summed E-state index contributed by atoms with van der Waals surface area (Å²) in [5, 5.41) is 16.5. The molecule has 10 heteroatoms. The maximum absolute atomic E-state index is 12.8. The number of aromatic nitrogens is 2. The number of halogens is 5. The Labute approximate surface area is 183 Å². The second kappa shape index (κ2) is 10.5. The number of carbonyl (C=O) groups is 1. The number of amides is 1. The predicted molar refractivity (Wildman–Crippen MR) is 110 cm³/mol. The molecule has 0 spiro atoms. The Morgan fingerprint density at radius 2 is 2.03 bits per heavy atom. The summed E-state index contributed by atoms with van der Waals surface area (Å²) in [6.07, 6.45) is 2.04. The molecule has 1 aliphatic carbocycles. The van der Waals surface area contributed by atoms with Gasteiger partial charge in [-0.05, 0) is 44.6 Å². The average Bonchev–Trinajstić information content (AvgIpc) is 3.05. The Hall–Kier alpha value is -1.77. The Morgan fingerprint density at radius 1 is 1.40 bits per heavy atom. The van der Waals surface area contributed by atoms with E-state index < -0.39 is 17.7 Å². The number of nitrogens with zero attached hydrogens (tertiary/aromatic N) is 2. The minimum Gasteiger partial charge on any atom is -0.390 e. The van der Waals surface area contributed by atoms with E-state index in [1.165, 1.54) is 13.0 Å². The minimum atomic E-state index is -4.64. The number of carbonyl (C=O) groups excluding carboxylic acids is 1. The van der Waals surface area contributed by atoms with E-state index in [1.807, 2.05) is 0 Å². The van der Waals surface area contributed by atoms with E-state index in [-0.39, 0.29) is 23.3 Å². The van der Waals surface area contributed by atoms with Crippen LogP contribution in [0, 0.1) is 5.92 Å². The Kier molecular flexibility index (Phi) is 8.58. The normalized spacial score (nSPS) is 20.9. The van der Waals surface area contributed by atoms with Gasteiger partial charge in [0, 0.05) is 29.4 Å². The number of aliphatic hydroxyl groups is 1. The van der Waals surface area contributed by atoms with Gasteiger partial charge in [0.05, 0.1) is 17.2 Å². The number of aliphatic hydroxyl groups excluding tert-OH is 1. The zero-order chi connectivity index (χ0) is 22.5. The molecule has 0 unspecified atom stereocenters. The molecule has 0 aliphatic heterocycles. The first-order valence-electron chi connectivity index (χ1n) is 9.48. The standard InChI is InChI=1S/C20H24Cl2F3N3O2/c1-3-16(21)15(8-12(2)20(23,24)25)19(30)26-14-6-4-13(5-7-14)9-28-10-17(22)18(11-29)27-28/h3,8,10,13-14,29H,2,4-7,9,11H2,1H3,(H,26,30). The molecule has 1 aliphatic rings. The van der Waals surface area contributed by atoms with Crippen LogP contribution >= 0.6 is 23.2 Å². The van der Waals surface area contributed by atoms with E-state index in [9.17, 15) is 23.1 Å². The molecular weight excluding hydrogens is 442 g/mol. The number of rotatable bonds is 7. The highest BCUT2D eigenvalue weighted by Crippen LogP contribution is 2.30. The van der Waals surface area contributed by atoms with Crippen LogP contribution in [0.5, 0.6) is 0 Å². The van der Waals surface area contributed by atoms with Crippen LogP contribution in [0.1, 0.15) is 38.3 Å². The molecular formula is C20H24Cl2F3N3O2. The lowest BCUT2D eigenvalue weighted by atomic mass is 9.86. The molecule has 2 rings (SSSR count). The monoisotopic (exact) mass is 465 g/mol. The van der Waals surface area contributed by atoms with Crippen molar-refractivity contribution in [2.45, 2.75) is 58.0 Å². The van der Waals surface area contributed by atoms with Crippen molar-refractivity contribution in [2.75, 3.05) is 0 Å². The van der Waals surface area contributed by atoms with E-state index in [1.54, 1.807) is 10.9 Å². The van der Waals surface area contributed by atoms with Gasteiger partial charge in [-0.25, -0.2) is 0 Å². The number of hydrogen-bond donors (Lipinski definition) is 2. The summed E-state index contributed by atoms with van der Waals surface area (Å²) in [7, 11) is 0. The van der Waals surface area contributed by atoms with Gasteiger partial charge in [0.1, 0.15) is 5.69 Å². The first kappa shape index (κ1) is 24.5. The maximum Gasteiger partial charge on any atom is 0.415 e.